The number of nitrogens with zero attached hydrogens (tertiary/aromatic N) is 3. The van der Waals surface area contributed by atoms with E-state index < -0.39 is 9.84 Å². The van der Waals surface area contributed by atoms with Crippen LogP contribution in [0.25, 0.3) is 11.0 Å². The molecule has 1 saturated heterocycles. The molecule has 0 aliphatic carbocycles. The first-order chi connectivity index (χ1) is 12.8. The van der Waals surface area contributed by atoms with Crippen molar-refractivity contribution in [1.82, 2.24) is 14.5 Å². The largest absolute Gasteiger partial charge is 0.338 e. The Morgan fingerprint density at radius 1 is 1.37 bits per heavy atom. The fourth-order valence-corrected chi connectivity index (χ4v) is 6.24. The maximum Gasteiger partial charge on any atom is 0.233 e. The van der Waals surface area contributed by atoms with Crippen LogP contribution in [0.15, 0.2) is 29.4 Å². The van der Waals surface area contributed by atoms with Crippen LogP contribution in [0.1, 0.15) is 27.2 Å². The first-order valence-electron chi connectivity index (χ1n) is 9.38. The van der Waals surface area contributed by atoms with Gasteiger partial charge in [-0.3, -0.25) is 4.79 Å². The van der Waals surface area contributed by atoms with Crippen molar-refractivity contribution in [2.45, 2.75) is 44.9 Å². The zero-order valence-corrected chi connectivity index (χ0v) is 17.7. The predicted molar refractivity (Wildman–Crippen MR) is 110 cm³/mol. The van der Waals surface area contributed by atoms with Gasteiger partial charge in [0, 0.05) is 19.1 Å². The second-order valence-electron chi connectivity index (χ2n) is 7.41. The van der Waals surface area contributed by atoms with Crippen molar-refractivity contribution < 1.29 is 13.2 Å². The average Bonchev–Trinajstić information content (AvgIpc) is 3.16. The number of amides is 1. The quantitative estimate of drug-likeness (QED) is 0.658. The van der Waals surface area contributed by atoms with Gasteiger partial charge < -0.3 is 9.47 Å². The second kappa shape index (κ2) is 8.22. The van der Waals surface area contributed by atoms with Gasteiger partial charge in [0.15, 0.2) is 15.0 Å². The van der Waals surface area contributed by atoms with E-state index in [-0.39, 0.29) is 29.2 Å². The maximum atomic E-state index is 12.9. The third-order valence-corrected chi connectivity index (χ3v) is 7.50. The number of carbonyl (C=O) groups is 1. The lowest BCUT2D eigenvalue weighted by Gasteiger charge is -2.29. The first-order valence-corrected chi connectivity index (χ1v) is 12.2. The van der Waals surface area contributed by atoms with Gasteiger partial charge >= 0.3 is 0 Å². The Morgan fingerprint density at radius 2 is 2.11 bits per heavy atom. The van der Waals surface area contributed by atoms with Gasteiger partial charge in [0.2, 0.25) is 5.91 Å². The number of hydrogen-bond acceptors (Lipinski definition) is 5. The molecule has 1 aliphatic rings. The molecule has 1 aromatic heterocycles. The van der Waals surface area contributed by atoms with Gasteiger partial charge in [-0.15, -0.1) is 0 Å². The summed E-state index contributed by atoms with van der Waals surface area (Å²) in [5.74, 6) is 0.821. The summed E-state index contributed by atoms with van der Waals surface area (Å²) in [6, 6.07) is 7.75. The van der Waals surface area contributed by atoms with E-state index in [9.17, 15) is 13.2 Å². The van der Waals surface area contributed by atoms with Crippen LogP contribution in [-0.4, -0.2) is 58.6 Å². The maximum absolute atomic E-state index is 12.9. The molecule has 148 valence electrons. The van der Waals surface area contributed by atoms with Crippen molar-refractivity contribution in [3.8, 4) is 0 Å². The molecule has 1 atom stereocenters. The molecule has 2 aromatic rings. The predicted octanol–water partition coefficient (Wildman–Crippen LogP) is 2.82. The second-order valence-corrected chi connectivity index (χ2v) is 10.6. The van der Waals surface area contributed by atoms with Crippen molar-refractivity contribution >= 4 is 38.5 Å². The fourth-order valence-electron chi connectivity index (χ4n) is 3.55. The third-order valence-electron chi connectivity index (χ3n) is 4.79. The Kier molecular flexibility index (Phi) is 6.15. The lowest BCUT2D eigenvalue weighted by atomic mass is 10.1. The van der Waals surface area contributed by atoms with Crippen LogP contribution in [0.2, 0.25) is 0 Å². The standard InChI is InChI=1S/C19H27N3O3S2/c1-4-21-17-8-6-5-7-16(17)20-19(21)26-12-18(23)22(11-14(2)3)15-9-10-27(24,25)13-15/h5-8,14-15H,4,9-13H2,1-3H3/t15-/m1/s1. The number of thioether (sulfide) groups is 1. The number of aromatic nitrogens is 2. The molecule has 2 heterocycles. The van der Waals surface area contributed by atoms with E-state index in [2.05, 4.69) is 16.5 Å². The summed E-state index contributed by atoms with van der Waals surface area (Å²) in [5, 5.41) is 0.829. The number of sulfone groups is 1. The van der Waals surface area contributed by atoms with Gasteiger partial charge in [0.1, 0.15) is 0 Å². The number of aryl methyl sites for hydroxylation is 1. The summed E-state index contributed by atoms with van der Waals surface area (Å²) in [6.45, 7) is 7.53. The minimum atomic E-state index is -3.02. The van der Waals surface area contributed by atoms with Crippen molar-refractivity contribution in [3.63, 3.8) is 0 Å². The SMILES string of the molecule is CCn1c(SCC(=O)N(CC(C)C)[C@@H]2CCS(=O)(=O)C2)nc2ccccc21. The Hall–Kier alpha value is -1.54. The van der Waals surface area contributed by atoms with Gasteiger partial charge in [0.05, 0.1) is 28.3 Å². The lowest BCUT2D eigenvalue weighted by Crippen LogP contribution is -2.44. The Morgan fingerprint density at radius 3 is 2.74 bits per heavy atom. The molecule has 0 radical (unpaired) electrons. The molecule has 3 rings (SSSR count). The molecular weight excluding hydrogens is 382 g/mol. The van der Waals surface area contributed by atoms with E-state index in [1.807, 2.05) is 38.1 Å². The van der Waals surface area contributed by atoms with Gasteiger partial charge in [-0.1, -0.05) is 37.7 Å². The molecular formula is C19H27N3O3S2. The first kappa shape index (κ1) is 20.2. The summed E-state index contributed by atoms with van der Waals surface area (Å²) in [5.41, 5.74) is 1.99. The third kappa shape index (κ3) is 4.66. The van der Waals surface area contributed by atoms with Crippen LogP contribution >= 0.6 is 11.8 Å². The number of rotatable bonds is 7. The summed E-state index contributed by atoms with van der Waals surface area (Å²) >= 11 is 1.43. The highest BCUT2D eigenvalue weighted by molar-refractivity contribution is 7.99. The zero-order chi connectivity index (χ0) is 19.6. The van der Waals surface area contributed by atoms with Crippen LogP contribution in [0, 0.1) is 5.92 Å². The van der Waals surface area contributed by atoms with E-state index in [0.717, 1.165) is 22.7 Å². The highest BCUT2D eigenvalue weighted by atomic mass is 32.2. The molecule has 0 N–H and O–H groups in total. The lowest BCUT2D eigenvalue weighted by molar-refractivity contribution is -0.130. The molecule has 1 aromatic carbocycles. The summed E-state index contributed by atoms with van der Waals surface area (Å²) in [6.07, 6.45) is 0.541. The average molecular weight is 410 g/mol. The van der Waals surface area contributed by atoms with E-state index >= 15 is 0 Å². The van der Waals surface area contributed by atoms with Gasteiger partial charge in [-0.25, -0.2) is 13.4 Å². The van der Waals surface area contributed by atoms with Crippen molar-refractivity contribution in [3.05, 3.63) is 24.3 Å². The summed E-state index contributed by atoms with van der Waals surface area (Å²) in [4.78, 5) is 19.4. The number of benzene rings is 1. The van der Waals surface area contributed by atoms with Crippen molar-refractivity contribution in [1.29, 1.82) is 0 Å². The molecule has 0 unspecified atom stereocenters. The molecule has 1 amide bonds. The molecule has 1 fully saturated rings. The van der Waals surface area contributed by atoms with Gasteiger partial charge in [-0.05, 0) is 31.4 Å². The summed E-state index contributed by atoms with van der Waals surface area (Å²) in [7, 11) is -3.02. The van der Waals surface area contributed by atoms with Crippen LogP contribution in [0.3, 0.4) is 0 Å². The molecule has 0 spiro atoms. The Balaban J connectivity index is 1.74. The molecule has 27 heavy (non-hydrogen) atoms. The fraction of sp³-hybridized carbons (Fsp3) is 0.579. The van der Waals surface area contributed by atoms with E-state index in [1.54, 1.807) is 4.90 Å². The monoisotopic (exact) mass is 409 g/mol. The zero-order valence-electron chi connectivity index (χ0n) is 16.1. The number of carbonyl (C=O) groups excluding carboxylic acids is 1. The van der Waals surface area contributed by atoms with E-state index in [0.29, 0.717) is 18.9 Å². The van der Waals surface area contributed by atoms with Gasteiger partial charge in [-0.2, -0.15) is 0 Å². The molecule has 0 bridgehead atoms. The molecule has 8 heteroatoms. The van der Waals surface area contributed by atoms with Gasteiger partial charge in [0.25, 0.3) is 0 Å². The highest BCUT2D eigenvalue weighted by Crippen LogP contribution is 2.26. The minimum absolute atomic E-state index is 0.00879. The van der Waals surface area contributed by atoms with Crippen LogP contribution in [0.5, 0.6) is 0 Å². The molecule has 0 saturated carbocycles. The van der Waals surface area contributed by atoms with E-state index in [4.69, 9.17) is 0 Å². The molecule has 1 aliphatic heterocycles. The molecule has 6 nitrogen and oxygen atoms in total. The van der Waals surface area contributed by atoms with Crippen LogP contribution < -0.4 is 0 Å². The highest BCUT2D eigenvalue weighted by Gasteiger charge is 2.34. The van der Waals surface area contributed by atoms with E-state index in [1.165, 1.54) is 11.8 Å². The number of para-hydroxylation sites is 2. The van der Waals surface area contributed by atoms with Crippen LogP contribution in [-0.2, 0) is 21.2 Å². The smallest absolute Gasteiger partial charge is 0.233 e. The van der Waals surface area contributed by atoms with Crippen LogP contribution in [0.4, 0.5) is 0 Å². The Labute approximate surface area is 165 Å². The number of fused-ring (bicyclic) bond motifs is 1. The topological polar surface area (TPSA) is 72.3 Å². The van der Waals surface area contributed by atoms with Crippen molar-refractivity contribution in [2.75, 3.05) is 23.8 Å². The summed E-state index contributed by atoms with van der Waals surface area (Å²) < 4.78 is 25.8. The normalized spacial score (nSPS) is 19.0. The number of hydrogen-bond donors (Lipinski definition) is 0. The minimum Gasteiger partial charge on any atom is -0.338 e. The Bertz CT molecular complexity index is 921. The van der Waals surface area contributed by atoms with Crippen molar-refractivity contribution in [2.24, 2.45) is 5.92 Å². The number of imidazole rings is 1.